The minimum absolute atomic E-state index is 0.414. The van der Waals surface area contributed by atoms with E-state index in [1.807, 2.05) is 0 Å². The summed E-state index contributed by atoms with van der Waals surface area (Å²) in [5, 5.41) is 12.9. The molecule has 1 heterocycles. The zero-order valence-electron chi connectivity index (χ0n) is 8.65. The first-order chi connectivity index (χ1) is 6.37. The van der Waals surface area contributed by atoms with Gasteiger partial charge in [0.15, 0.2) is 0 Å². The van der Waals surface area contributed by atoms with Crippen LogP contribution in [0.25, 0.3) is 0 Å². The standard InChI is InChI=1S/C8H18N2O3S/c1-9-7-8(11)3-5-10(6-4-8)14(2,12)13/h9,11H,3-7H2,1-2H3. The summed E-state index contributed by atoms with van der Waals surface area (Å²) < 4.78 is 23.8. The number of nitrogens with zero attached hydrogens (tertiary/aromatic N) is 1. The van der Waals surface area contributed by atoms with Gasteiger partial charge in [-0.05, 0) is 19.9 Å². The first-order valence-corrected chi connectivity index (χ1v) is 6.54. The van der Waals surface area contributed by atoms with Crippen molar-refractivity contribution in [3.63, 3.8) is 0 Å². The average Bonchev–Trinajstić information content (AvgIpc) is 2.03. The smallest absolute Gasteiger partial charge is 0.211 e. The van der Waals surface area contributed by atoms with Crippen LogP contribution in [0.1, 0.15) is 12.8 Å². The maximum Gasteiger partial charge on any atom is 0.211 e. The largest absolute Gasteiger partial charge is 0.388 e. The van der Waals surface area contributed by atoms with E-state index in [9.17, 15) is 13.5 Å². The van der Waals surface area contributed by atoms with Crippen molar-refractivity contribution in [1.29, 1.82) is 0 Å². The van der Waals surface area contributed by atoms with Gasteiger partial charge in [-0.1, -0.05) is 0 Å². The summed E-state index contributed by atoms with van der Waals surface area (Å²) in [6.45, 7) is 1.35. The maximum atomic E-state index is 11.2. The Labute approximate surface area is 85.2 Å². The highest BCUT2D eigenvalue weighted by molar-refractivity contribution is 7.88. The second-order valence-electron chi connectivity index (χ2n) is 3.92. The number of aliphatic hydroxyl groups is 1. The molecule has 0 aromatic rings. The molecule has 0 unspecified atom stereocenters. The fraction of sp³-hybridized carbons (Fsp3) is 1.00. The molecule has 0 atom stereocenters. The van der Waals surface area contributed by atoms with E-state index in [0.29, 0.717) is 32.5 Å². The van der Waals surface area contributed by atoms with Crippen molar-refractivity contribution in [1.82, 2.24) is 9.62 Å². The van der Waals surface area contributed by atoms with Crippen LogP contribution in [-0.4, -0.2) is 56.4 Å². The lowest BCUT2D eigenvalue weighted by molar-refractivity contribution is -0.00221. The summed E-state index contributed by atoms with van der Waals surface area (Å²) in [5.74, 6) is 0. The van der Waals surface area contributed by atoms with E-state index < -0.39 is 15.6 Å². The molecule has 0 bridgehead atoms. The summed E-state index contributed by atoms with van der Waals surface area (Å²) >= 11 is 0. The summed E-state index contributed by atoms with van der Waals surface area (Å²) in [5.41, 5.74) is -0.740. The quantitative estimate of drug-likeness (QED) is 0.642. The molecule has 6 heteroatoms. The third-order valence-electron chi connectivity index (χ3n) is 2.63. The van der Waals surface area contributed by atoms with Gasteiger partial charge in [0.05, 0.1) is 11.9 Å². The molecule has 1 aliphatic rings. The zero-order chi connectivity index (χ0) is 10.8. The van der Waals surface area contributed by atoms with Crippen molar-refractivity contribution in [3.05, 3.63) is 0 Å². The molecule has 0 aliphatic carbocycles. The SMILES string of the molecule is CNCC1(O)CCN(S(C)(=O)=O)CC1. The van der Waals surface area contributed by atoms with Crippen LogP contribution in [0.2, 0.25) is 0 Å². The molecule has 1 rings (SSSR count). The summed E-state index contributed by atoms with van der Waals surface area (Å²) in [7, 11) is -1.31. The molecule has 1 aliphatic heterocycles. The Morgan fingerprint density at radius 3 is 2.29 bits per heavy atom. The van der Waals surface area contributed by atoms with Gasteiger partial charge in [-0.15, -0.1) is 0 Å². The van der Waals surface area contributed by atoms with E-state index in [4.69, 9.17) is 0 Å². The highest BCUT2D eigenvalue weighted by atomic mass is 32.2. The Morgan fingerprint density at radius 1 is 1.43 bits per heavy atom. The van der Waals surface area contributed by atoms with Crippen LogP contribution in [0.3, 0.4) is 0 Å². The van der Waals surface area contributed by atoms with Crippen molar-refractivity contribution < 1.29 is 13.5 Å². The molecule has 1 fully saturated rings. The number of rotatable bonds is 3. The van der Waals surface area contributed by atoms with Crippen molar-refractivity contribution in [2.24, 2.45) is 0 Å². The molecule has 0 aromatic carbocycles. The maximum absolute atomic E-state index is 11.2. The highest BCUT2D eigenvalue weighted by Crippen LogP contribution is 2.22. The topological polar surface area (TPSA) is 69.6 Å². The monoisotopic (exact) mass is 222 g/mol. The normalized spacial score (nSPS) is 23.6. The van der Waals surface area contributed by atoms with Gasteiger partial charge in [0, 0.05) is 19.6 Å². The van der Waals surface area contributed by atoms with Gasteiger partial charge in [-0.2, -0.15) is 0 Å². The number of nitrogens with one attached hydrogen (secondary N) is 1. The molecule has 0 spiro atoms. The van der Waals surface area contributed by atoms with E-state index in [-0.39, 0.29) is 0 Å². The van der Waals surface area contributed by atoms with Crippen LogP contribution in [0.15, 0.2) is 0 Å². The minimum atomic E-state index is -3.09. The van der Waals surface area contributed by atoms with Gasteiger partial charge >= 0.3 is 0 Å². The van der Waals surface area contributed by atoms with Gasteiger partial charge < -0.3 is 10.4 Å². The molecule has 14 heavy (non-hydrogen) atoms. The number of sulfonamides is 1. The predicted molar refractivity (Wildman–Crippen MR) is 54.5 cm³/mol. The number of piperidine rings is 1. The molecule has 5 nitrogen and oxygen atoms in total. The van der Waals surface area contributed by atoms with Crippen LogP contribution in [0.4, 0.5) is 0 Å². The van der Waals surface area contributed by atoms with Crippen LogP contribution in [-0.2, 0) is 10.0 Å². The molecule has 1 saturated heterocycles. The van der Waals surface area contributed by atoms with Gasteiger partial charge in [0.2, 0.25) is 10.0 Å². The van der Waals surface area contributed by atoms with E-state index in [1.165, 1.54) is 10.6 Å². The lowest BCUT2D eigenvalue weighted by atomic mass is 9.92. The van der Waals surface area contributed by atoms with Crippen LogP contribution in [0.5, 0.6) is 0 Å². The Kier molecular flexibility index (Phi) is 3.52. The Hall–Kier alpha value is -0.170. The molecular weight excluding hydrogens is 204 g/mol. The lowest BCUT2D eigenvalue weighted by Crippen LogP contribution is -2.50. The van der Waals surface area contributed by atoms with Crippen LogP contribution in [0, 0.1) is 0 Å². The number of hydrogen-bond donors (Lipinski definition) is 2. The first-order valence-electron chi connectivity index (χ1n) is 4.69. The Bertz CT molecular complexity index is 281. The molecule has 0 aromatic heterocycles. The van der Waals surface area contributed by atoms with Crippen molar-refractivity contribution in [2.45, 2.75) is 18.4 Å². The second kappa shape index (κ2) is 4.14. The Morgan fingerprint density at radius 2 is 1.93 bits per heavy atom. The number of likely N-dealkylation sites (N-methyl/N-ethyl adjacent to an activating group) is 1. The molecule has 2 N–H and O–H groups in total. The minimum Gasteiger partial charge on any atom is -0.388 e. The summed E-state index contributed by atoms with van der Waals surface area (Å²) in [6.07, 6.45) is 2.21. The fourth-order valence-electron chi connectivity index (χ4n) is 1.74. The number of hydrogen-bond acceptors (Lipinski definition) is 4. The highest BCUT2D eigenvalue weighted by Gasteiger charge is 2.34. The van der Waals surface area contributed by atoms with Crippen molar-refractivity contribution in [2.75, 3.05) is 32.9 Å². The van der Waals surface area contributed by atoms with Gasteiger partial charge in [-0.25, -0.2) is 12.7 Å². The molecular formula is C8H18N2O3S. The Balaban J connectivity index is 2.54. The van der Waals surface area contributed by atoms with Gasteiger partial charge in [-0.3, -0.25) is 0 Å². The van der Waals surface area contributed by atoms with Crippen LogP contribution >= 0.6 is 0 Å². The lowest BCUT2D eigenvalue weighted by Gasteiger charge is -2.36. The molecule has 84 valence electrons. The van der Waals surface area contributed by atoms with Crippen molar-refractivity contribution in [3.8, 4) is 0 Å². The zero-order valence-corrected chi connectivity index (χ0v) is 9.47. The van der Waals surface area contributed by atoms with Crippen molar-refractivity contribution >= 4 is 10.0 Å². The van der Waals surface area contributed by atoms with E-state index >= 15 is 0 Å². The predicted octanol–water partition coefficient (Wildman–Crippen LogP) is -1.01. The third kappa shape index (κ3) is 2.91. The molecule has 0 radical (unpaired) electrons. The van der Waals surface area contributed by atoms with Gasteiger partial charge in [0.1, 0.15) is 0 Å². The summed E-state index contributed by atoms with van der Waals surface area (Å²) in [4.78, 5) is 0. The van der Waals surface area contributed by atoms with Crippen LogP contribution < -0.4 is 5.32 Å². The third-order valence-corrected chi connectivity index (χ3v) is 3.93. The van der Waals surface area contributed by atoms with E-state index in [2.05, 4.69) is 5.32 Å². The second-order valence-corrected chi connectivity index (χ2v) is 5.90. The molecule has 0 amide bonds. The average molecular weight is 222 g/mol. The fourth-order valence-corrected chi connectivity index (χ4v) is 2.59. The summed E-state index contributed by atoms with van der Waals surface area (Å²) in [6, 6.07) is 0. The van der Waals surface area contributed by atoms with Gasteiger partial charge in [0.25, 0.3) is 0 Å². The van der Waals surface area contributed by atoms with E-state index in [1.54, 1.807) is 7.05 Å². The first kappa shape index (κ1) is 11.9. The molecule has 0 saturated carbocycles. The van der Waals surface area contributed by atoms with E-state index in [0.717, 1.165) is 0 Å².